The molecule has 3 N–H and O–H groups in total. The molecule has 1 aromatic rings. The fraction of sp³-hybridized carbons (Fsp3) is 0.625. The molecule has 0 amide bonds. The van der Waals surface area contributed by atoms with Crippen molar-refractivity contribution in [3.8, 4) is 11.5 Å². The number of ether oxygens (including phenoxy) is 2. The van der Waals surface area contributed by atoms with Gasteiger partial charge in [0.15, 0.2) is 11.5 Å². The van der Waals surface area contributed by atoms with Gasteiger partial charge in [-0.3, -0.25) is 11.3 Å². The van der Waals surface area contributed by atoms with Crippen molar-refractivity contribution in [1.82, 2.24) is 5.43 Å². The van der Waals surface area contributed by atoms with Crippen LogP contribution >= 0.6 is 0 Å². The van der Waals surface area contributed by atoms with Crippen LogP contribution in [0.4, 0.5) is 0 Å². The topological polar surface area (TPSA) is 56.5 Å². The quantitative estimate of drug-likeness (QED) is 0.658. The van der Waals surface area contributed by atoms with E-state index in [0.29, 0.717) is 19.1 Å². The number of benzene rings is 1. The number of fused-ring (bicyclic) bond motifs is 1. The molecule has 0 radical (unpaired) electrons. The first-order chi connectivity index (χ1) is 9.79. The van der Waals surface area contributed by atoms with Crippen molar-refractivity contribution in [2.24, 2.45) is 17.7 Å². The van der Waals surface area contributed by atoms with Crippen LogP contribution in [0.25, 0.3) is 0 Å². The Hall–Kier alpha value is -1.26. The molecule has 1 heterocycles. The molecule has 0 bridgehead atoms. The molecule has 1 aliphatic heterocycles. The Morgan fingerprint density at radius 1 is 1.15 bits per heavy atom. The van der Waals surface area contributed by atoms with Gasteiger partial charge < -0.3 is 9.47 Å². The number of nitrogens with two attached hydrogens (primary N) is 1. The third kappa shape index (κ3) is 2.63. The van der Waals surface area contributed by atoms with Gasteiger partial charge in [0.1, 0.15) is 13.2 Å². The largest absolute Gasteiger partial charge is 0.486 e. The van der Waals surface area contributed by atoms with E-state index in [0.717, 1.165) is 23.0 Å². The van der Waals surface area contributed by atoms with Gasteiger partial charge >= 0.3 is 0 Å². The monoisotopic (exact) mass is 276 g/mol. The number of hydrogen-bond acceptors (Lipinski definition) is 4. The van der Waals surface area contributed by atoms with Crippen LogP contribution in [0.5, 0.6) is 11.5 Å². The summed E-state index contributed by atoms with van der Waals surface area (Å²) in [7, 11) is 0. The van der Waals surface area contributed by atoms with Crippen LogP contribution in [0.1, 0.15) is 44.2 Å². The normalized spacial score (nSPS) is 27.1. The lowest BCUT2D eigenvalue weighted by Crippen LogP contribution is -2.36. The van der Waals surface area contributed by atoms with E-state index >= 15 is 0 Å². The van der Waals surface area contributed by atoms with Crippen molar-refractivity contribution in [3.63, 3.8) is 0 Å². The van der Waals surface area contributed by atoms with Crippen molar-refractivity contribution in [2.75, 3.05) is 13.2 Å². The third-order valence-electron chi connectivity index (χ3n) is 4.64. The van der Waals surface area contributed by atoms with E-state index < -0.39 is 0 Å². The summed E-state index contributed by atoms with van der Waals surface area (Å²) in [5.74, 6) is 9.00. The van der Waals surface area contributed by atoms with E-state index in [1.165, 1.54) is 25.7 Å². The summed E-state index contributed by atoms with van der Waals surface area (Å²) in [5, 5.41) is 0. The van der Waals surface area contributed by atoms with Crippen LogP contribution in [0.2, 0.25) is 0 Å². The van der Waals surface area contributed by atoms with Gasteiger partial charge in [0.25, 0.3) is 0 Å². The summed E-state index contributed by atoms with van der Waals surface area (Å²) >= 11 is 0. The second kappa shape index (κ2) is 6.02. The van der Waals surface area contributed by atoms with E-state index in [9.17, 15) is 0 Å². The van der Waals surface area contributed by atoms with Crippen LogP contribution in [-0.2, 0) is 0 Å². The molecule has 1 aromatic carbocycles. The zero-order valence-corrected chi connectivity index (χ0v) is 12.1. The SMILES string of the molecule is CC1CCC(C(NN)c2cccc3c2OCCO3)CC1. The summed E-state index contributed by atoms with van der Waals surface area (Å²) in [6, 6.07) is 6.25. The molecule has 20 heavy (non-hydrogen) atoms. The molecule has 0 aromatic heterocycles. The number of hydrogen-bond donors (Lipinski definition) is 2. The van der Waals surface area contributed by atoms with Crippen molar-refractivity contribution >= 4 is 0 Å². The molecule has 4 nitrogen and oxygen atoms in total. The minimum atomic E-state index is 0.152. The maximum atomic E-state index is 5.86. The van der Waals surface area contributed by atoms with Crippen LogP contribution in [-0.4, -0.2) is 13.2 Å². The number of para-hydroxylation sites is 1. The molecule has 1 fully saturated rings. The van der Waals surface area contributed by atoms with Gasteiger partial charge in [-0.2, -0.15) is 0 Å². The molecular formula is C16H24N2O2. The number of hydrazine groups is 1. The predicted octanol–water partition coefficient (Wildman–Crippen LogP) is 2.79. The lowest BCUT2D eigenvalue weighted by atomic mass is 9.77. The van der Waals surface area contributed by atoms with Gasteiger partial charge in [-0.15, -0.1) is 0 Å². The Balaban J connectivity index is 1.86. The molecule has 0 spiro atoms. The molecule has 2 aliphatic rings. The summed E-state index contributed by atoms with van der Waals surface area (Å²) in [5.41, 5.74) is 4.16. The Kier molecular flexibility index (Phi) is 4.13. The summed E-state index contributed by atoms with van der Waals surface area (Å²) in [6.07, 6.45) is 5.02. The first kappa shape index (κ1) is 13.7. The highest BCUT2D eigenvalue weighted by Crippen LogP contribution is 2.43. The second-order valence-electron chi connectivity index (χ2n) is 6.04. The van der Waals surface area contributed by atoms with Crippen molar-refractivity contribution < 1.29 is 9.47 Å². The molecule has 0 saturated heterocycles. The minimum absolute atomic E-state index is 0.152. The highest BCUT2D eigenvalue weighted by Gasteiger charge is 2.30. The van der Waals surface area contributed by atoms with E-state index in [4.69, 9.17) is 15.3 Å². The maximum Gasteiger partial charge on any atom is 0.166 e. The van der Waals surface area contributed by atoms with Crippen molar-refractivity contribution in [2.45, 2.75) is 38.6 Å². The Bertz CT molecular complexity index is 456. The second-order valence-corrected chi connectivity index (χ2v) is 6.04. The molecule has 1 aliphatic carbocycles. The lowest BCUT2D eigenvalue weighted by molar-refractivity contribution is 0.164. The van der Waals surface area contributed by atoms with Crippen LogP contribution in [0, 0.1) is 11.8 Å². The van der Waals surface area contributed by atoms with Crippen molar-refractivity contribution in [3.05, 3.63) is 23.8 Å². The lowest BCUT2D eigenvalue weighted by Gasteiger charge is -2.34. The fourth-order valence-electron chi connectivity index (χ4n) is 3.44. The average Bonchev–Trinajstić information content (AvgIpc) is 2.50. The molecule has 1 unspecified atom stereocenters. The molecule has 3 rings (SSSR count). The molecular weight excluding hydrogens is 252 g/mol. The van der Waals surface area contributed by atoms with E-state index in [-0.39, 0.29) is 6.04 Å². The Morgan fingerprint density at radius 3 is 2.65 bits per heavy atom. The van der Waals surface area contributed by atoms with Gasteiger partial charge in [0, 0.05) is 5.56 Å². The van der Waals surface area contributed by atoms with Gasteiger partial charge in [-0.25, -0.2) is 0 Å². The molecule has 110 valence electrons. The smallest absolute Gasteiger partial charge is 0.166 e. The van der Waals surface area contributed by atoms with Crippen LogP contribution in [0.15, 0.2) is 18.2 Å². The predicted molar refractivity (Wildman–Crippen MR) is 78.6 cm³/mol. The number of nitrogens with one attached hydrogen (secondary N) is 1. The van der Waals surface area contributed by atoms with E-state index in [1.54, 1.807) is 0 Å². The summed E-state index contributed by atoms with van der Waals surface area (Å²) < 4.78 is 11.5. The van der Waals surface area contributed by atoms with E-state index in [1.807, 2.05) is 12.1 Å². The first-order valence-electron chi connectivity index (χ1n) is 7.64. The van der Waals surface area contributed by atoms with Crippen LogP contribution < -0.4 is 20.7 Å². The Labute approximate surface area is 120 Å². The standard InChI is InChI=1S/C16H24N2O2/c1-11-5-7-12(8-6-11)15(18-17)13-3-2-4-14-16(13)20-10-9-19-14/h2-4,11-12,15,18H,5-10,17H2,1H3. The van der Waals surface area contributed by atoms with Gasteiger partial charge in [0.2, 0.25) is 0 Å². The highest BCUT2D eigenvalue weighted by atomic mass is 16.6. The maximum absolute atomic E-state index is 5.86. The average molecular weight is 276 g/mol. The molecule has 4 heteroatoms. The summed E-state index contributed by atoms with van der Waals surface area (Å²) in [4.78, 5) is 0. The highest BCUT2D eigenvalue weighted by molar-refractivity contribution is 5.49. The molecule has 1 atom stereocenters. The van der Waals surface area contributed by atoms with Crippen molar-refractivity contribution in [1.29, 1.82) is 0 Å². The minimum Gasteiger partial charge on any atom is -0.486 e. The summed E-state index contributed by atoms with van der Waals surface area (Å²) in [6.45, 7) is 3.57. The fourth-order valence-corrected chi connectivity index (χ4v) is 3.44. The van der Waals surface area contributed by atoms with Gasteiger partial charge in [-0.1, -0.05) is 31.9 Å². The third-order valence-corrected chi connectivity index (χ3v) is 4.64. The number of rotatable bonds is 3. The van der Waals surface area contributed by atoms with Crippen LogP contribution in [0.3, 0.4) is 0 Å². The first-order valence-corrected chi connectivity index (χ1v) is 7.64. The zero-order valence-electron chi connectivity index (χ0n) is 12.1. The van der Waals surface area contributed by atoms with E-state index in [2.05, 4.69) is 18.4 Å². The zero-order chi connectivity index (χ0) is 13.9. The van der Waals surface area contributed by atoms with Gasteiger partial charge in [-0.05, 0) is 30.7 Å². The Morgan fingerprint density at radius 2 is 1.90 bits per heavy atom. The molecule has 1 saturated carbocycles. The van der Waals surface area contributed by atoms with Gasteiger partial charge in [0.05, 0.1) is 6.04 Å².